The van der Waals surface area contributed by atoms with Crippen LogP contribution in [0.3, 0.4) is 0 Å². The van der Waals surface area contributed by atoms with Gasteiger partial charge in [0.25, 0.3) is 15.9 Å². The normalized spacial score (nSPS) is 12.5. The minimum atomic E-state index is -3.88. The highest BCUT2D eigenvalue weighted by Gasteiger charge is 2.31. The van der Waals surface area contributed by atoms with E-state index in [2.05, 4.69) is 0 Å². The smallest absolute Gasteiger partial charge is 0.338 e. The SMILES string of the molecule is N#CCCN(C(=O)COC(=O)c1cccc(S(=O)(=O)N2CCc3ccccc32)c1)c1ccccc1. The Balaban J connectivity index is 1.47. The number of nitrogens with zero attached hydrogens (tertiary/aromatic N) is 3. The second-order valence-corrected chi connectivity index (χ2v) is 9.71. The molecular weight excluding hydrogens is 466 g/mol. The van der Waals surface area contributed by atoms with Crippen LogP contribution in [0.15, 0.2) is 83.8 Å². The van der Waals surface area contributed by atoms with Gasteiger partial charge in [0.2, 0.25) is 0 Å². The van der Waals surface area contributed by atoms with Crippen LogP contribution in [0.5, 0.6) is 0 Å². The molecule has 0 radical (unpaired) electrons. The summed E-state index contributed by atoms with van der Waals surface area (Å²) in [4.78, 5) is 26.8. The number of carbonyl (C=O) groups excluding carboxylic acids is 2. The number of carbonyl (C=O) groups is 2. The van der Waals surface area contributed by atoms with Crippen molar-refractivity contribution in [1.82, 2.24) is 0 Å². The van der Waals surface area contributed by atoms with Gasteiger partial charge in [-0.05, 0) is 48.4 Å². The fraction of sp³-hybridized carbons (Fsp3) is 0.192. The van der Waals surface area contributed by atoms with Gasteiger partial charge in [-0.15, -0.1) is 0 Å². The van der Waals surface area contributed by atoms with Crippen LogP contribution >= 0.6 is 0 Å². The van der Waals surface area contributed by atoms with Gasteiger partial charge >= 0.3 is 5.97 Å². The molecule has 0 bridgehead atoms. The number of fused-ring (bicyclic) bond motifs is 1. The summed E-state index contributed by atoms with van der Waals surface area (Å²) in [7, 11) is -3.88. The molecule has 4 rings (SSSR count). The van der Waals surface area contributed by atoms with Crippen molar-refractivity contribution in [3.05, 3.63) is 90.0 Å². The molecule has 9 heteroatoms. The number of rotatable bonds is 8. The van der Waals surface area contributed by atoms with Crippen molar-refractivity contribution in [1.29, 1.82) is 5.26 Å². The van der Waals surface area contributed by atoms with E-state index in [1.807, 2.05) is 18.2 Å². The molecule has 1 aliphatic heterocycles. The van der Waals surface area contributed by atoms with Gasteiger partial charge in [-0.25, -0.2) is 13.2 Å². The summed E-state index contributed by atoms with van der Waals surface area (Å²) in [5, 5.41) is 8.91. The van der Waals surface area contributed by atoms with E-state index in [9.17, 15) is 18.0 Å². The van der Waals surface area contributed by atoms with Crippen LogP contribution in [-0.4, -0.2) is 40.0 Å². The zero-order chi connectivity index (χ0) is 24.8. The lowest BCUT2D eigenvalue weighted by molar-refractivity contribution is -0.121. The van der Waals surface area contributed by atoms with Crippen molar-refractivity contribution in [2.75, 3.05) is 28.9 Å². The van der Waals surface area contributed by atoms with E-state index >= 15 is 0 Å². The standard InChI is InChI=1S/C26H23N3O5S/c27-15-7-16-28(22-10-2-1-3-11-22)25(30)19-34-26(31)21-9-6-12-23(18-21)35(32,33)29-17-14-20-8-4-5-13-24(20)29/h1-6,8-13,18H,7,14,16-17,19H2. The Morgan fingerprint density at radius 2 is 1.74 bits per heavy atom. The first kappa shape index (κ1) is 24.0. The lowest BCUT2D eigenvalue weighted by Crippen LogP contribution is -2.35. The molecule has 1 heterocycles. The van der Waals surface area contributed by atoms with E-state index < -0.39 is 28.5 Å². The van der Waals surface area contributed by atoms with E-state index in [4.69, 9.17) is 10.00 Å². The third-order valence-corrected chi connectivity index (χ3v) is 7.45. The van der Waals surface area contributed by atoms with Gasteiger partial charge in [0.15, 0.2) is 6.61 Å². The molecule has 3 aromatic rings. The summed E-state index contributed by atoms with van der Waals surface area (Å²) in [6.07, 6.45) is 0.733. The Morgan fingerprint density at radius 3 is 2.51 bits per heavy atom. The summed E-state index contributed by atoms with van der Waals surface area (Å²) in [6.45, 7) is -0.0690. The molecule has 0 spiro atoms. The fourth-order valence-electron chi connectivity index (χ4n) is 3.92. The second kappa shape index (κ2) is 10.4. The molecule has 0 aromatic heterocycles. The molecule has 3 aromatic carbocycles. The summed E-state index contributed by atoms with van der Waals surface area (Å²) in [6, 6.07) is 23.7. The summed E-state index contributed by atoms with van der Waals surface area (Å²) in [5.41, 5.74) is 2.19. The van der Waals surface area contributed by atoms with Crippen molar-refractivity contribution >= 4 is 33.3 Å². The Hall–Kier alpha value is -4.16. The lowest BCUT2D eigenvalue weighted by Gasteiger charge is -2.21. The van der Waals surface area contributed by atoms with Crippen LogP contribution in [0.1, 0.15) is 22.3 Å². The van der Waals surface area contributed by atoms with Gasteiger partial charge in [0.1, 0.15) is 0 Å². The highest BCUT2D eigenvalue weighted by atomic mass is 32.2. The molecule has 0 saturated carbocycles. The molecule has 178 valence electrons. The van der Waals surface area contributed by atoms with Crippen molar-refractivity contribution in [3.8, 4) is 6.07 Å². The third-order valence-electron chi connectivity index (χ3n) is 5.65. The van der Waals surface area contributed by atoms with E-state index in [1.165, 1.54) is 33.5 Å². The number of para-hydroxylation sites is 2. The van der Waals surface area contributed by atoms with Gasteiger partial charge in [-0.1, -0.05) is 42.5 Å². The molecule has 35 heavy (non-hydrogen) atoms. The van der Waals surface area contributed by atoms with Crippen molar-refractivity contribution < 1.29 is 22.7 Å². The van der Waals surface area contributed by atoms with E-state index in [1.54, 1.807) is 42.5 Å². The maximum Gasteiger partial charge on any atom is 0.338 e. The first-order valence-electron chi connectivity index (χ1n) is 11.0. The zero-order valence-corrected chi connectivity index (χ0v) is 19.6. The van der Waals surface area contributed by atoms with Gasteiger partial charge in [-0.3, -0.25) is 9.10 Å². The number of esters is 1. The first-order chi connectivity index (χ1) is 16.9. The van der Waals surface area contributed by atoms with Gasteiger partial charge < -0.3 is 9.64 Å². The van der Waals surface area contributed by atoms with E-state index in [-0.39, 0.29) is 23.4 Å². The van der Waals surface area contributed by atoms with Crippen LogP contribution in [-0.2, 0) is 26.0 Å². The molecule has 8 nitrogen and oxygen atoms in total. The van der Waals surface area contributed by atoms with Gasteiger partial charge in [-0.2, -0.15) is 5.26 Å². The monoisotopic (exact) mass is 489 g/mol. The quantitative estimate of drug-likeness (QED) is 0.448. The minimum absolute atomic E-state index is 0.0228. The minimum Gasteiger partial charge on any atom is -0.452 e. The highest BCUT2D eigenvalue weighted by Crippen LogP contribution is 2.32. The molecule has 0 unspecified atom stereocenters. The average molecular weight is 490 g/mol. The zero-order valence-electron chi connectivity index (χ0n) is 18.8. The number of nitriles is 1. The highest BCUT2D eigenvalue weighted by molar-refractivity contribution is 7.92. The van der Waals surface area contributed by atoms with Crippen LogP contribution < -0.4 is 9.21 Å². The molecule has 1 amide bonds. The Kier molecular flexibility index (Phi) is 7.13. The Morgan fingerprint density at radius 1 is 1.00 bits per heavy atom. The van der Waals surface area contributed by atoms with E-state index in [0.717, 1.165) is 5.56 Å². The maximum absolute atomic E-state index is 13.3. The maximum atomic E-state index is 13.3. The van der Waals surface area contributed by atoms with E-state index in [0.29, 0.717) is 24.3 Å². The van der Waals surface area contributed by atoms with Gasteiger partial charge in [0, 0.05) is 18.8 Å². The third kappa shape index (κ3) is 5.18. The average Bonchev–Trinajstić information content (AvgIpc) is 3.33. The van der Waals surface area contributed by atoms with Crippen molar-refractivity contribution in [2.24, 2.45) is 0 Å². The second-order valence-electron chi connectivity index (χ2n) is 7.85. The van der Waals surface area contributed by atoms with Crippen LogP contribution in [0.2, 0.25) is 0 Å². The topological polar surface area (TPSA) is 108 Å². The molecule has 0 N–H and O–H groups in total. The molecule has 0 atom stereocenters. The Bertz CT molecular complexity index is 1380. The largest absolute Gasteiger partial charge is 0.452 e. The number of sulfonamides is 1. The van der Waals surface area contributed by atoms with Crippen LogP contribution in [0.4, 0.5) is 11.4 Å². The van der Waals surface area contributed by atoms with Gasteiger partial charge in [0.05, 0.1) is 28.6 Å². The predicted octanol–water partition coefficient (Wildman–Crippen LogP) is 3.54. The van der Waals surface area contributed by atoms with Crippen molar-refractivity contribution in [2.45, 2.75) is 17.7 Å². The number of hydrogen-bond donors (Lipinski definition) is 0. The summed E-state index contributed by atoms with van der Waals surface area (Å²) in [5.74, 6) is -1.30. The van der Waals surface area contributed by atoms with Crippen molar-refractivity contribution in [3.63, 3.8) is 0 Å². The number of benzene rings is 3. The molecule has 0 aliphatic carbocycles. The summed E-state index contributed by atoms with van der Waals surface area (Å²) < 4.78 is 33.1. The predicted molar refractivity (Wildman–Crippen MR) is 130 cm³/mol. The number of hydrogen-bond acceptors (Lipinski definition) is 6. The summed E-state index contributed by atoms with van der Waals surface area (Å²) >= 11 is 0. The number of ether oxygens (including phenoxy) is 1. The number of amides is 1. The Labute approximate surface area is 204 Å². The first-order valence-corrected chi connectivity index (χ1v) is 12.5. The van der Waals surface area contributed by atoms with Crippen LogP contribution in [0, 0.1) is 11.3 Å². The molecule has 0 saturated heterocycles. The molecule has 1 aliphatic rings. The molecular formula is C26H23N3O5S. The fourth-order valence-corrected chi connectivity index (χ4v) is 5.47. The number of anilines is 2. The lowest BCUT2D eigenvalue weighted by atomic mass is 10.2. The van der Waals surface area contributed by atoms with Crippen LogP contribution in [0.25, 0.3) is 0 Å². The molecule has 0 fully saturated rings.